The number of ether oxygens (including phenoxy) is 2. The third kappa shape index (κ3) is 5.59. The molecule has 3 aromatic rings. The third-order valence-electron chi connectivity index (χ3n) is 5.71. The number of hydrogen-bond donors (Lipinski definition) is 1. The minimum atomic E-state index is -0.733. The molecular formula is C29H25FN2O4S. The van der Waals surface area contributed by atoms with Gasteiger partial charge in [0.25, 0.3) is 11.8 Å². The van der Waals surface area contributed by atoms with Crippen molar-refractivity contribution >= 4 is 40.9 Å². The number of thiocarbonyl (C=S) groups is 1. The van der Waals surface area contributed by atoms with Gasteiger partial charge in [0, 0.05) is 5.56 Å². The number of aryl methyl sites for hydroxylation is 1. The summed E-state index contributed by atoms with van der Waals surface area (Å²) >= 11 is 5.16. The molecule has 2 amide bonds. The summed E-state index contributed by atoms with van der Waals surface area (Å²) in [6.07, 6.45) is 3.61. The Morgan fingerprint density at radius 2 is 1.89 bits per heavy atom. The molecule has 0 atom stereocenters. The molecule has 0 aromatic heterocycles. The highest BCUT2D eigenvalue weighted by atomic mass is 32.1. The molecule has 6 nitrogen and oxygen atoms in total. The molecule has 0 bridgehead atoms. The lowest BCUT2D eigenvalue weighted by atomic mass is 10.0. The molecule has 37 heavy (non-hydrogen) atoms. The minimum Gasteiger partial charge on any atom is -0.493 e. The van der Waals surface area contributed by atoms with E-state index in [2.05, 4.69) is 11.9 Å². The second-order valence-corrected chi connectivity index (χ2v) is 8.78. The van der Waals surface area contributed by atoms with E-state index in [9.17, 15) is 14.0 Å². The van der Waals surface area contributed by atoms with E-state index in [1.165, 1.54) is 31.4 Å². The summed E-state index contributed by atoms with van der Waals surface area (Å²) in [6.45, 7) is 6.17. The Kier molecular flexibility index (Phi) is 7.79. The molecule has 0 unspecified atom stereocenters. The minimum absolute atomic E-state index is 0.0479. The second kappa shape index (κ2) is 11.2. The standard InChI is InChI=1S/C29H25FN2O4S/c1-4-8-21-14-20(16-25(35-3)26(21)36-17-19-10-7-9-18(2)13-19)15-22-27(33)31-29(37)32(28(22)34)24-12-6-5-11-23(24)30/h4-7,9-16H,1,8,17H2,2-3H3,(H,31,33,37)/b22-15+. The van der Waals surface area contributed by atoms with Crippen LogP contribution in [0.25, 0.3) is 6.08 Å². The Bertz CT molecular complexity index is 1430. The summed E-state index contributed by atoms with van der Waals surface area (Å²) in [6, 6.07) is 17.2. The molecule has 1 N–H and O–H groups in total. The van der Waals surface area contributed by atoms with Crippen molar-refractivity contribution in [3.05, 3.63) is 107 Å². The maximum Gasteiger partial charge on any atom is 0.270 e. The Balaban J connectivity index is 1.71. The summed E-state index contributed by atoms with van der Waals surface area (Å²) < 4.78 is 26.2. The quantitative estimate of drug-likeness (QED) is 0.191. The van der Waals surface area contributed by atoms with Crippen LogP contribution in [-0.2, 0) is 22.6 Å². The van der Waals surface area contributed by atoms with E-state index < -0.39 is 17.6 Å². The van der Waals surface area contributed by atoms with Gasteiger partial charge in [-0.25, -0.2) is 9.29 Å². The van der Waals surface area contributed by atoms with E-state index in [0.717, 1.165) is 21.6 Å². The molecule has 4 rings (SSSR count). The van der Waals surface area contributed by atoms with Crippen molar-refractivity contribution in [3.8, 4) is 11.5 Å². The van der Waals surface area contributed by atoms with E-state index >= 15 is 0 Å². The number of nitrogens with zero attached hydrogens (tertiary/aromatic N) is 1. The zero-order valence-corrected chi connectivity index (χ0v) is 21.2. The van der Waals surface area contributed by atoms with Crippen LogP contribution in [0.4, 0.5) is 10.1 Å². The predicted molar refractivity (Wildman–Crippen MR) is 145 cm³/mol. The first-order chi connectivity index (χ1) is 17.8. The van der Waals surface area contributed by atoms with Gasteiger partial charge in [-0.1, -0.05) is 48.0 Å². The van der Waals surface area contributed by atoms with Crippen molar-refractivity contribution in [2.45, 2.75) is 20.0 Å². The summed E-state index contributed by atoms with van der Waals surface area (Å²) in [7, 11) is 1.51. The molecule has 0 radical (unpaired) electrons. The van der Waals surface area contributed by atoms with Gasteiger partial charge in [0.15, 0.2) is 16.6 Å². The number of anilines is 1. The third-order valence-corrected chi connectivity index (χ3v) is 5.99. The highest BCUT2D eigenvalue weighted by Crippen LogP contribution is 2.35. The molecule has 1 saturated heterocycles. The van der Waals surface area contributed by atoms with E-state index in [4.69, 9.17) is 21.7 Å². The van der Waals surface area contributed by atoms with Crippen LogP contribution < -0.4 is 19.7 Å². The maximum absolute atomic E-state index is 14.4. The average Bonchev–Trinajstić information content (AvgIpc) is 2.87. The molecular weight excluding hydrogens is 491 g/mol. The number of nitrogens with one attached hydrogen (secondary N) is 1. The number of allylic oxidation sites excluding steroid dienone is 1. The first-order valence-corrected chi connectivity index (χ1v) is 11.9. The Morgan fingerprint density at radius 3 is 2.59 bits per heavy atom. The van der Waals surface area contributed by atoms with E-state index in [1.807, 2.05) is 31.2 Å². The van der Waals surface area contributed by atoms with Gasteiger partial charge in [-0.05, 0) is 67.0 Å². The number of carbonyl (C=O) groups is 2. The summed E-state index contributed by atoms with van der Waals surface area (Å²) in [5.41, 5.74) is 3.17. The number of halogens is 1. The Hall–Kier alpha value is -4.30. The van der Waals surface area contributed by atoms with Gasteiger partial charge in [-0.3, -0.25) is 14.9 Å². The summed E-state index contributed by atoms with van der Waals surface area (Å²) in [4.78, 5) is 27.0. The van der Waals surface area contributed by atoms with Crippen LogP contribution in [0.3, 0.4) is 0 Å². The SMILES string of the molecule is C=CCc1cc(/C=C2\C(=O)NC(=S)N(c3ccccc3F)C2=O)cc(OC)c1OCc1cccc(C)c1. The van der Waals surface area contributed by atoms with Crippen molar-refractivity contribution < 1.29 is 23.5 Å². The fraction of sp³-hybridized carbons (Fsp3) is 0.138. The Labute approximate surface area is 220 Å². The van der Waals surface area contributed by atoms with Crippen molar-refractivity contribution in [2.75, 3.05) is 12.0 Å². The van der Waals surface area contributed by atoms with E-state index in [-0.39, 0.29) is 16.4 Å². The number of methoxy groups -OCH3 is 1. The van der Waals surface area contributed by atoms with Crippen LogP contribution >= 0.6 is 12.2 Å². The Morgan fingerprint density at radius 1 is 1.11 bits per heavy atom. The van der Waals surface area contributed by atoms with Gasteiger partial charge in [-0.2, -0.15) is 0 Å². The molecule has 0 spiro atoms. The molecule has 0 saturated carbocycles. The van der Waals surface area contributed by atoms with Crippen LogP contribution in [0.2, 0.25) is 0 Å². The molecule has 1 fully saturated rings. The van der Waals surface area contributed by atoms with E-state index in [0.29, 0.717) is 30.1 Å². The van der Waals surface area contributed by atoms with Crippen LogP contribution in [0.15, 0.2) is 78.9 Å². The molecule has 0 aliphatic carbocycles. The second-order valence-electron chi connectivity index (χ2n) is 8.39. The topological polar surface area (TPSA) is 67.9 Å². The van der Waals surface area contributed by atoms with Gasteiger partial charge in [0.05, 0.1) is 12.8 Å². The van der Waals surface area contributed by atoms with Gasteiger partial charge in [0.1, 0.15) is 18.0 Å². The van der Waals surface area contributed by atoms with Gasteiger partial charge in [-0.15, -0.1) is 6.58 Å². The normalized spacial score (nSPS) is 14.5. The molecule has 8 heteroatoms. The van der Waals surface area contributed by atoms with Crippen LogP contribution in [0, 0.1) is 12.7 Å². The van der Waals surface area contributed by atoms with Crippen molar-refractivity contribution in [1.82, 2.24) is 5.32 Å². The summed E-state index contributed by atoms with van der Waals surface area (Å²) in [5, 5.41) is 2.28. The highest BCUT2D eigenvalue weighted by Gasteiger charge is 2.35. The lowest BCUT2D eigenvalue weighted by Crippen LogP contribution is -2.54. The molecule has 1 aliphatic rings. The van der Waals surface area contributed by atoms with Gasteiger partial charge < -0.3 is 9.47 Å². The lowest BCUT2D eigenvalue weighted by molar-refractivity contribution is -0.122. The number of para-hydroxylation sites is 1. The molecule has 1 heterocycles. The van der Waals surface area contributed by atoms with Crippen molar-refractivity contribution in [2.24, 2.45) is 0 Å². The van der Waals surface area contributed by atoms with Crippen LogP contribution in [0.5, 0.6) is 11.5 Å². The number of hydrogen-bond acceptors (Lipinski definition) is 5. The fourth-order valence-corrected chi connectivity index (χ4v) is 4.30. The smallest absolute Gasteiger partial charge is 0.270 e. The van der Waals surface area contributed by atoms with Gasteiger partial charge in [0.2, 0.25) is 0 Å². The zero-order valence-electron chi connectivity index (χ0n) is 20.4. The maximum atomic E-state index is 14.4. The fourth-order valence-electron chi connectivity index (χ4n) is 4.02. The average molecular weight is 517 g/mol. The first kappa shape index (κ1) is 25.8. The number of rotatable bonds is 8. The predicted octanol–water partition coefficient (Wildman–Crippen LogP) is 5.28. The molecule has 188 valence electrons. The lowest BCUT2D eigenvalue weighted by Gasteiger charge is -2.29. The van der Waals surface area contributed by atoms with Gasteiger partial charge >= 0.3 is 0 Å². The van der Waals surface area contributed by atoms with Crippen molar-refractivity contribution in [3.63, 3.8) is 0 Å². The van der Waals surface area contributed by atoms with Crippen LogP contribution in [0.1, 0.15) is 22.3 Å². The zero-order chi connectivity index (χ0) is 26.5. The van der Waals surface area contributed by atoms with E-state index in [1.54, 1.807) is 24.3 Å². The first-order valence-electron chi connectivity index (χ1n) is 11.5. The number of amides is 2. The molecule has 1 aliphatic heterocycles. The summed E-state index contributed by atoms with van der Waals surface area (Å²) in [5.74, 6) is -1.07. The van der Waals surface area contributed by atoms with Crippen LogP contribution in [-0.4, -0.2) is 24.0 Å². The largest absolute Gasteiger partial charge is 0.493 e. The number of carbonyl (C=O) groups excluding carboxylic acids is 2. The van der Waals surface area contributed by atoms with Crippen molar-refractivity contribution in [1.29, 1.82) is 0 Å². The highest BCUT2D eigenvalue weighted by molar-refractivity contribution is 7.80. The number of benzene rings is 3. The molecule has 3 aromatic carbocycles. The monoisotopic (exact) mass is 516 g/mol.